The van der Waals surface area contributed by atoms with Gasteiger partial charge in [0, 0.05) is 6.42 Å². The summed E-state index contributed by atoms with van der Waals surface area (Å²) in [6.45, 7) is 0.0568. The van der Waals surface area contributed by atoms with Crippen molar-refractivity contribution in [2.24, 2.45) is 0 Å². The van der Waals surface area contributed by atoms with Gasteiger partial charge in [-0.3, -0.25) is 9.59 Å². The van der Waals surface area contributed by atoms with Crippen LogP contribution in [0.3, 0.4) is 0 Å². The second kappa shape index (κ2) is 4.86. The van der Waals surface area contributed by atoms with E-state index in [9.17, 15) is 9.59 Å². The molecular weight excluding hydrogens is 220 g/mol. The quantitative estimate of drug-likeness (QED) is 0.764. The molecule has 1 aliphatic heterocycles. The van der Waals surface area contributed by atoms with Crippen LogP contribution in [0, 0.1) is 0 Å². The van der Waals surface area contributed by atoms with Gasteiger partial charge in [0.15, 0.2) is 0 Å². The van der Waals surface area contributed by atoms with Crippen LogP contribution in [0.4, 0.5) is 0 Å². The lowest BCUT2D eigenvalue weighted by Gasteiger charge is -2.23. The molecule has 2 N–H and O–H groups in total. The SMILES string of the molecule is COc1ccccc1C[C@@H]1NC(=O)CNC1=O. The average Bonchev–Trinajstić information content (AvgIpc) is 2.34. The summed E-state index contributed by atoms with van der Waals surface area (Å²) in [5.41, 5.74) is 0.900. The van der Waals surface area contributed by atoms with Crippen LogP contribution in [-0.4, -0.2) is 31.5 Å². The molecule has 2 rings (SSSR count). The Morgan fingerprint density at radius 2 is 2.12 bits per heavy atom. The van der Waals surface area contributed by atoms with Gasteiger partial charge in [0.05, 0.1) is 13.7 Å². The average molecular weight is 234 g/mol. The zero-order valence-electron chi connectivity index (χ0n) is 9.53. The van der Waals surface area contributed by atoms with Crippen LogP contribution in [0.1, 0.15) is 5.56 Å². The maximum absolute atomic E-state index is 11.6. The van der Waals surface area contributed by atoms with Gasteiger partial charge >= 0.3 is 0 Å². The van der Waals surface area contributed by atoms with Gasteiger partial charge in [-0.25, -0.2) is 0 Å². The first-order chi connectivity index (χ1) is 8.20. The third-order valence-electron chi connectivity index (χ3n) is 2.69. The molecule has 1 aromatic rings. The highest BCUT2D eigenvalue weighted by molar-refractivity contribution is 5.94. The number of amides is 2. The lowest BCUT2D eigenvalue weighted by atomic mass is 10.0. The fourth-order valence-electron chi connectivity index (χ4n) is 1.84. The largest absolute Gasteiger partial charge is 0.496 e. The molecule has 0 aromatic heterocycles. The van der Waals surface area contributed by atoms with E-state index in [4.69, 9.17) is 4.74 Å². The number of carbonyl (C=O) groups is 2. The van der Waals surface area contributed by atoms with Crippen molar-refractivity contribution in [3.05, 3.63) is 29.8 Å². The van der Waals surface area contributed by atoms with Gasteiger partial charge in [-0.2, -0.15) is 0 Å². The summed E-state index contributed by atoms with van der Waals surface area (Å²) in [6.07, 6.45) is 0.432. The first-order valence-electron chi connectivity index (χ1n) is 5.39. The number of carbonyl (C=O) groups excluding carboxylic acids is 2. The van der Waals surface area contributed by atoms with Crippen LogP contribution in [-0.2, 0) is 16.0 Å². The van der Waals surface area contributed by atoms with Crippen molar-refractivity contribution in [3.63, 3.8) is 0 Å². The van der Waals surface area contributed by atoms with Crippen LogP contribution in [0.25, 0.3) is 0 Å². The van der Waals surface area contributed by atoms with E-state index in [0.29, 0.717) is 6.42 Å². The minimum atomic E-state index is -0.521. The Balaban J connectivity index is 2.14. The molecule has 5 heteroatoms. The van der Waals surface area contributed by atoms with E-state index in [0.717, 1.165) is 11.3 Å². The minimum absolute atomic E-state index is 0.0568. The highest BCUT2D eigenvalue weighted by Crippen LogP contribution is 2.19. The van der Waals surface area contributed by atoms with Crippen molar-refractivity contribution >= 4 is 11.8 Å². The fraction of sp³-hybridized carbons (Fsp3) is 0.333. The molecule has 1 heterocycles. The third kappa shape index (κ3) is 2.55. The predicted molar refractivity (Wildman–Crippen MR) is 61.6 cm³/mol. The molecule has 0 radical (unpaired) electrons. The van der Waals surface area contributed by atoms with E-state index in [1.807, 2.05) is 24.3 Å². The first-order valence-corrected chi connectivity index (χ1v) is 5.39. The summed E-state index contributed by atoms with van der Waals surface area (Å²) in [6, 6.07) is 6.93. The molecule has 0 bridgehead atoms. The summed E-state index contributed by atoms with van der Waals surface area (Å²) in [4.78, 5) is 22.8. The van der Waals surface area contributed by atoms with Crippen LogP contribution in [0.5, 0.6) is 5.75 Å². The molecule has 1 atom stereocenters. The molecule has 2 amide bonds. The molecule has 0 aliphatic carbocycles. The van der Waals surface area contributed by atoms with Gasteiger partial charge in [-0.05, 0) is 11.6 Å². The smallest absolute Gasteiger partial charge is 0.243 e. The summed E-state index contributed by atoms with van der Waals surface area (Å²) in [7, 11) is 1.58. The summed E-state index contributed by atoms with van der Waals surface area (Å²) < 4.78 is 5.20. The van der Waals surface area contributed by atoms with Crippen molar-refractivity contribution in [1.82, 2.24) is 10.6 Å². The van der Waals surface area contributed by atoms with Crippen LogP contribution < -0.4 is 15.4 Å². The molecule has 0 saturated carbocycles. The number of nitrogens with one attached hydrogen (secondary N) is 2. The molecule has 90 valence electrons. The number of hydrogen-bond donors (Lipinski definition) is 2. The van der Waals surface area contributed by atoms with E-state index in [-0.39, 0.29) is 18.4 Å². The van der Waals surface area contributed by atoms with E-state index in [1.165, 1.54) is 0 Å². The molecule has 1 fully saturated rings. The van der Waals surface area contributed by atoms with Crippen LogP contribution >= 0.6 is 0 Å². The topological polar surface area (TPSA) is 67.4 Å². The Bertz CT molecular complexity index is 445. The number of rotatable bonds is 3. The molecule has 0 unspecified atom stereocenters. The Morgan fingerprint density at radius 3 is 2.88 bits per heavy atom. The number of methoxy groups -OCH3 is 1. The first kappa shape index (κ1) is 11.4. The molecule has 1 aromatic carbocycles. The van der Waals surface area contributed by atoms with Crippen LogP contribution in [0.2, 0.25) is 0 Å². The Labute approximate surface area is 99.2 Å². The Kier molecular flexibility index (Phi) is 3.27. The monoisotopic (exact) mass is 234 g/mol. The molecule has 5 nitrogen and oxygen atoms in total. The highest BCUT2D eigenvalue weighted by atomic mass is 16.5. The molecular formula is C12H14N2O3. The van der Waals surface area contributed by atoms with Crippen LogP contribution in [0.15, 0.2) is 24.3 Å². The number of para-hydroxylation sites is 1. The van der Waals surface area contributed by atoms with E-state index < -0.39 is 6.04 Å². The predicted octanol–water partition coefficient (Wildman–Crippen LogP) is -0.148. The summed E-state index contributed by atoms with van der Waals surface area (Å²) >= 11 is 0. The normalized spacial score (nSPS) is 19.5. The van der Waals surface area contributed by atoms with Gasteiger partial charge < -0.3 is 15.4 Å². The van der Waals surface area contributed by atoms with E-state index in [1.54, 1.807) is 7.11 Å². The zero-order chi connectivity index (χ0) is 12.3. The van der Waals surface area contributed by atoms with Gasteiger partial charge in [-0.1, -0.05) is 18.2 Å². The van der Waals surface area contributed by atoms with E-state index >= 15 is 0 Å². The number of piperazine rings is 1. The van der Waals surface area contributed by atoms with Crippen molar-refractivity contribution in [3.8, 4) is 5.75 Å². The molecule has 1 saturated heterocycles. The minimum Gasteiger partial charge on any atom is -0.496 e. The Hall–Kier alpha value is -2.04. The van der Waals surface area contributed by atoms with Crippen molar-refractivity contribution in [2.75, 3.05) is 13.7 Å². The van der Waals surface area contributed by atoms with Crippen molar-refractivity contribution in [1.29, 1.82) is 0 Å². The number of benzene rings is 1. The molecule has 17 heavy (non-hydrogen) atoms. The number of ether oxygens (including phenoxy) is 1. The second-order valence-electron chi connectivity index (χ2n) is 3.85. The van der Waals surface area contributed by atoms with E-state index in [2.05, 4.69) is 10.6 Å². The lowest BCUT2D eigenvalue weighted by molar-refractivity contribution is -0.133. The maximum atomic E-state index is 11.6. The molecule has 0 spiro atoms. The standard InChI is InChI=1S/C12H14N2O3/c1-17-10-5-3-2-4-8(10)6-9-12(16)13-7-11(15)14-9/h2-5,9H,6-7H2,1H3,(H,13,16)(H,14,15)/t9-/m0/s1. The van der Waals surface area contributed by atoms with Gasteiger partial charge in [-0.15, -0.1) is 0 Å². The zero-order valence-corrected chi connectivity index (χ0v) is 9.53. The highest BCUT2D eigenvalue weighted by Gasteiger charge is 2.26. The second-order valence-corrected chi connectivity index (χ2v) is 3.85. The maximum Gasteiger partial charge on any atom is 0.243 e. The fourth-order valence-corrected chi connectivity index (χ4v) is 1.84. The Morgan fingerprint density at radius 1 is 1.35 bits per heavy atom. The van der Waals surface area contributed by atoms with Gasteiger partial charge in [0.25, 0.3) is 0 Å². The van der Waals surface area contributed by atoms with Crippen molar-refractivity contribution < 1.29 is 14.3 Å². The summed E-state index contributed by atoms with van der Waals surface area (Å²) in [5.74, 6) is 0.403. The van der Waals surface area contributed by atoms with Gasteiger partial charge in [0.1, 0.15) is 11.8 Å². The number of hydrogen-bond acceptors (Lipinski definition) is 3. The van der Waals surface area contributed by atoms with Crippen molar-refractivity contribution in [2.45, 2.75) is 12.5 Å². The van der Waals surface area contributed by atoms with Gasteiger partial charge in [0.2, 0.25) is 11.8 Å². The third-order valence-corrected chi connectivity index (χ3v) is 2.69. The molecule has 1 aliphatic rings. The lowest BCUT2D eigenvalue weighted by Crippen LogP contribution is -2.56. The summed E-state index contributed by atoms with van der Waals surface area (Å²) in [5, 5.41) is 5.21.